The Morgan fingerprint density at radius 3 is 2.74 bits per heavy atom. The van der Waals surface area contributed by atoms with Crippen LogP contribution in [0.3, 0.4) is 0 Å². The van der Waals surface area contributed by atoms with Crippen LogP contribution in [-0.2, 0) is 11.3 Å². The van der Waals surface area contributed by atoms with Crippen molar-refractivity contribution in [2.75, 3.05) is 5.32 Å². The zero-order valence-electron chi connectivity index (χ0n) is 9.90. The van der Waals surface area contributed by atoms with Crippen LogP contribution in [0.1, 0.15) is 5.56 Å². The van der Waals surface area contributed by atoms with Crippen LogP contribution in [-0.4, -0.2) is 6.09 Å². The zero-order valence-corrected chi connectivity index (χ0v) is 10.7. The molecule has 19 heavy (non-hydrogen) atoms. The van der Waals surface area contributed by atoms with Gasteiger partial charge < -0.3 is 4.74 Å². The van der Waals surface area contributed by atoms with E-state index >= 15 is 0 Å². The first-order valence-corrected chi connectivity index (χ1v) is 5.96. The molecule has 0 spiro atoms. The second-order valence-corrected chi connectivity index (χ2v) is 4.24. The molecule has 5 heteroatoms. The van der Waals surface area contributed by atoms with E-state index in [1.807, 2.05) is 0 Å². The molecular weight excluding hydrogens is 269 g/mol. The average molecular weight is 280 g/mol. The smallest absolute Gasteiger partial charge is 0.411 e. The third-order valence-corrected chi connectivity index (χ3v) is 2.62. The lowest BCUT2D eigenvalue weighted by Gasteiger charge is -2.07. The van der Waals surface area contributed by atoms with Crippen molar-refractivity contribution in [3.8, 4) is 0 Å². The molecule has 0 aliphatic heterocycles. The topological polar surface area (TPSA) is 38.3 Å². The van der Waals surface area contributed by atoms with Gasteiger partial charge in [0.1, 0.15) is 12.4 Å². The van der Waals surface area contributed by atoms with Crippen molar-refractivity contribution < 1.29 is 13.9 Å². The van der Waals surface area contributed by atoms with Gasteiger partial charge in [0, 0.05) is 16.3 Å². The molecular formula is C14H11ClFNO2. The molecule has 0 saturated heterocycles. The third-order valence-electron chi connectivity index (χ3n) is 2.39. The van der Waals surface area contributed by atoms with Crippen LogP contribution in [0.5, 0.6) is 0 Å². The van der Waals surface area contributed by atoms with Crippen molar-refractivity contribution in [3.05, 3.63) is 64.9 Å². The van der Waals surface area contributed by atoms with E-state index in [-0.39, 0.29) is 6.61 Å². The summed E-state index contributed by atoms with van der Waals surface area (Å²) in [5, 5.41) is 3.01. The molecule has 1 amide bonds. The first-order chi connectivity index (χ1) is 9.15. The lowest BCUT2D eigenvalue weighted by molar-refractivity contribution is 0.154. The van der Waals surface area contributed by atoms with Crippen LogP contribution < -0.4 is 5.32 Å². The Balaban J connectivity index is 1.90. The van der Waals surface area contributed by atoms with E-state index in [1.54, 1.807) is 42.5 Å². The third kappa shape index (κ3) is 3.96. The van der Waals surface area contributed by atoms with E-state index in [0.717, 1.165) is 0 Å². The monoisotopic (exact) mass is 279 g/mol. The highest BCUT2D eigenvalue weighted by molar-refractivity contribution is 6.30. The summed E-state index contributed by atoms with van der Waals surface area (Å²) >= 11 is 5.78. The fraction of sp³-hybridized carbons (Fsp3) is 0.0714. The molecule has 0 aliphatic rings. The number of carbonyl (C=O) groups is 1. The molecule has 3 nitrogen and oxygen atoms in total. The SMILES string of the molecule is O=C(Nc1cccc(Cl)c1)OCc1ccccc1F. The summed E-state index contributed by atoms with van der Waals surface area (Å²) < 4.78 is 18.2. The Morgan fingerprint density at radius 1 is 1.21 bits per heavy atom. The fourth-order valence-electron chi connectivity index (χ4n) is 1.48. The number of anilines is 1. The van der Waals surface area contributed by atoms with Gasteiger partial charge in [-0.1, -0.05) is 35.9 Å². The van der Waals surface area contributed by atoms with Crippen molar-refractivity contribution >= 4 is 23.4 Å². The summed E-state index contributed by atoms with van der Waals surface area (Å²) in [6, 6.07) is 12.8. The molecule has 0 atom stereocenters. The molecule has 2 aromatic carbocycles. The van der Waals surface area contributed by atoms with Crippen molar-refractivity contribution in [1.82, 2.24) is 0 Å². The van der Waals surface area contributed by atoms with Crippen LogP contribution in [0, 0.1) is 5.82 Å². The molecule has 0 radical (unpaired) electrons. The van der Waals surface area contributed by atoms with E-state index in [4.69, 9.17) is 16.3 Å². The Bertz CT molecular complexity index is 589. The standard InChI is InChI=1S/C14H11ClFNO2/c15-11-5-3-6-12(8-11)17-14(18)19-9-10-4-1-2-7-13(10)16/h1-8H,9H2,(H,17,18). The van der Waals surface area contributed by atoms with Crippen molar-refractivity contribution in [3.63, 3.8) is 0 Å². The number of carbonyl (C=O) groups excluding carboxylic acids is 1. The Morgan fingerprint density at radius 2 is 2.00 bits per heavy atom. The summed E-state index contributed by atoms with van der Waals surface area (Å²) in [7, 11) is 0. The maximum atomic E-state index is 13.3. The normalized spacial score (nSPS) is 10.0. The van der Waals surface area contributed by atoms with Crippen LogP contribution in [0.15, 0.2) is 48.5 Å². The van der Waals surface area contributed by atoms with E-state index in [0.29, 0.717) is 16.3 Å². The predicted molar refractivity (Wildman–Crippen MR) is 71.7 cm³/mol. The van der Waals surface area contributed by atoms with E-state index in [2.05, 4.69) is 5.32 Å². The Hall–Kier alpha value is -2.07. The van der Waals surface area contributed by atoms with Gasteiger partial charge in [-0.05, 0) is 24.3 Å². The van der Waals surface area contributed by atoms with Gasteiger partial charge in [-0.25, -0.2) is 9.18 Å². The predicted octanol–water partition coefficient (Wildman–Crippen LogP) is 4.23. The highest BCUT2D eigenvalue weighted by Crippen LogP contribution is 2.15. The number of rotatable bonds is 3. The van der Waals surface area contributed by atoms with Crippen molar-refractivity contribution in [1.29, 1.82) is 0 Å². The zero-order chi connectivity index (χ0) is 13.7. The van der Waals surface area contributed by atoms with Crippen LogP contribution in [0.25, 0.3) is 0 Å². The largest absolute Gasteiger partial charge is 0.444 e. The summed E-state index contributed by atoms with van der Waals surface area (Å²) in [4.78, 5) is 11.5. The molecule has 1 N–H and O–H groups in total. The van der Waals surface area contributed by atoms with Gasteiger partial charge in [0.2, 0.25) is 0 Å². The highest BCUT2D eigenvalue weighted by Gasteiger charge is 2.06. The fourth-order valence-corrected chi connectivity index (χ4v) is 1.67. The summed E-state index contributed by atoms with van der Waals surface area (Å²) in [6.07, 6.45) is -0.662. The molecule has 0 bridgehead atoms. The minimum atomic E-state index is -0.662. The van der Waals surface area contributed by atoms with Crippen molar-refractivity contribution in [2.24, 2.45) is 0 Å². The lowest BCUT2D eigenvalue weighted by Crippen LogP contribution is -2.13. The van der Waals surface area contributed by atoms with E-state index in [1.165, 1.54) is 6.07 Å². The van der Waals surface area contributed by atoms with Gasteiger partial charge in [-0.15, -0.1) is 0 Å². The number of ether oxygens (including phenoxy) is 1. The number of benzene rings is 2. The van der Waals surface area contributed by atoms with Gasteiger partial charge in [-0.2, -0.15) is 0 Å². The lowest BCUT2D eigenvalue weighted by atomic mass is 10.2. The molecule has 2 aromatic rings. The number of hydrogen-bond acceptors (Lipinski definition) is 2. The van der Waals surface area contributed by atoms with Crippen LogP contribution >= 0.6 is 11.6 Å². The summed E-state index contributed by atoms with van der Waals surface area (Å²) in [6.45, 7) is -0.126. The van der Waals surface area contributed by atoms with E-state index < -0.39 is 11.9 Å². The maximum absolute atomic E-state index is 13.3. The minimum Gasteiger partial charge on any atom is -0.444 e. The second kappa shape index (κ2) is 6.20. The maximum Gasteiger partial charge on any atom is 0.411 e. The first-order valence-electron chi connectivity index (χ1n) is 5.58. The molecule has 98 valence electrons. The number of amides is 1. The van der Waals surface area contributed by atoms with Crippen LogP contribution in [0.2, 0.25) is 5.02 Å². The molecule has 2 rings (SSSR count). The van der Waals surface area contributed by atoms with Gasteiger partial charge >= 0.3 is 6.09 Å². The van der Waals surface area contributed by atoms with Gasteiger partial charge in [0.15, 0.2) is 0 Å². The van der Waals surface area contributed by atoms with Gasteiger partial charge in [0.05, 0.1) is 0 Å². The number of nitrogens with one attached hydrogen (secondary N) is 1. The molecule has 0 fully saturated rings. The van der Waals surface area contributed by atoms with Gasteiger partial charge in [-0.3, -0.25) is 5.32 Å². The first kappa shape index (κ1) is 13.4. The number of hydrogen-bond donors (Lipinski definition) is 1. The quantitative estimate of drug-likeness (QED) is 0.913. The summed E-state index contributed by atoms with van der Waals surface area (Å²) in [5.41, 5.74) is 0.842. The Labute approximate surface area is 115 Å². The van der Waals surface area contributed by atoms with E-state index in [9.17, 15) is 9.18 Å². The minimum absolute atomic E-state index is 0.126. The molecule has 0 aliphatic carbocycles. The molecule has 0 heterocycles. The Kier molecular flexibility index (Phi) is 4.36. The van der Waals surface area contributed by atoms with Crippen molar-refractivity contribution in [2.45, 2.75) is 6.61 Å². The molecule has 0 saturated carbocycles. The molecule has 0 unspecified atom stereocenters. The number of halogens is 2. The summed E-state index contributed by atoms with van der Waals surface area (Å²) in [5.74, 6) is -0.405. The van der Waals surface area contributed by atoms with Crippen LogP contribution in [0.4, 0.5) is 14.9 Å². The molecule has 0 aromatic heterocycles. The van der Waals surface area contributed by atoms with Gasteiger partial charge in [0.25, 0.3) is 0 Å². The second-order valence-electron chi connectivity index (χ2n) is 3.80. The average Bonchev–Trinajstić information content (AvgIpc) is 2.38. The highest BCUT2D eigenvalue weighted by atomic mass is 35.5.